The topological polar surface area (TPSA) is 48.0 Å². The van der Waals surface area contributed by atoms with E-state index in [1.807, 2.05) is 0 Å². The molecule has 0 saturated carbocycles. The van der Waals surface area contributed by atoms with E-state index in [4.69, 9.17) is 14.2 Å². The van der Waals surface area contributed by atoms with Crippen LogP contribution in [0.15, 0.2) is 24.3 Å². The Bertz CT molecular complexity index is 817. The van der Waals surface area contributed by atoms with Gasteiger partial charge in [0.25, 0.3) is 5.91 Å². The summed E-state index contributed by atoms with van der Waals surface area (Å²) in [7, 11) is 5.91. The van der Waals surface area contributed by atoms with Gasteiger partial charge < -0.3 is 19.1 Å². The minimum Gasteiger partial charge on any atom is -0.493 e. The van der Waals surface area contributed by atoms with Crippen molar-refractivity contribution in [3.63, 3.8) is 0 Å². The third-order valence-corrected chi connectivity index (χ3v) is 4.07. The van der Waals surface area contributed by atoms with Gasteiger partial charge in [0, 0.05) is 13.6 Å². The molecule has 0 bridgehead atoms. The van der Waals surface area contributed by atoms with Gasteiger partial charge in [0.05, 0.1) is 26.9 Å². The first-order valence-corrected chi connectivity index (χ1v) is 8.01. The molecule has 0 spiro atoms. The fraction of sp³-hybridized carbons (Fsp3) is 0.316. The Morgan fingerprint density at radius 3 is 2.07 bits per heavy atom. The van der Waals surface area contributed by atoms with E-state index in [0.29, 0.717) is 23.7 Å². The number of methoxy groups -OCH3 is 3. The van der Waals surface area contributed by atoms with Gasteiger partial charge in [-0.1, -0.05) is 0 Å². The second-order valence-corrected chi connectivity index (χ2v) is 5.73. The zero-order valence-electron chi connectivity index (χ0n) is 15.4. The Balaban J connectivity index is 2.17. The van der Waals surface area contributed by atoms with Crippen LogP contribution in [-0.2, 0) is 6.42 Å². The van der Waals surface area contributed by atoms with Gasteiger partial charge in [0.1, 0.15) is 0 Å². The normalized spacial score (nSPS) is 10.5. The molecule has 1 amide bonds. The Labute approximate surface area is 155 Å². The van der Waals surface area contributed by atoms with E-state index in [1.165, 1.54) is 33.3 Å². The predicted octanol–water partition coefficient (Wildman–Crippen LogP) is 3.44. The van der Waals surface area contributed by atoms with Gasteiger partial charge in [0.2, 0.25) is 5.75 Å². The molecule has 0 radical (unpaired) electrons. The van der Waals surface area contributed by atoms with Gasteiger partial charge in [-0.2, -0.15) is 0 Å². The molecule has 5 nitrogen and oxygen atoms in total. The van der Waals surface area contributed by atoms with Crippen LogP contribution >= 0.6 is 0 Å². The van der Waals surface area contributed by atoms with Crippen LogP contribution in [0.2, 0.25) is 0 Å². The molecule has 0 saturated heterocycles. The van der Waals surface area contributed by atoms with Crippen molar-refractivity contribution in [3.05, 3.63) is 52.8 Å². The van der Waals surface area contributed by atoms with Crippen molar-refractivity contribution in [1.29, 1.82) is 0 Å². The summed E-state index contributed by atoms with van der Waals surface area (Å²) in [6.07, 6.45) is 0.393. The van der Waals surface area contributed by atoms with Gasteiger partial charge >= 0.3 is 0 Å². The third kappa shape index (κ3) is 4.27. The number of benzene rings is 2. The first kappa shape index (κ1) is 20.4. The lowest BCUT2D eigenvalue weighted by Crippen LogP contribution is -2.30. The number of halogens is 3. The highest BCUT2D eigenvalue weighted by atomic mass is 19.2. The number of likely N-dealkylation sites (N-methyl/N-ethyl adjacent to an activating group) is 1. The highest BCUT2D eigenvalue weighted by Crippen LogP contribution is 2.38. The Morgan fingerprint density at radius 2 is 1.56 bits per heavy atom. The molecule has 0 aliphatic heterocycles. The molecule has 0 aliphatic carbocycles. The van der Waals surface area contributed by atoms with Crippen LogP contribution in [-0.4, -0.2) is 45.7 Å². The van der Waals surface area contributed by atoms with E-state index < -0.39 is 28.9 Å². The average molecular weight is 383 g/mol. The molecular weight excluding hydrogens is 363 g/mol. The van der Waals surface area contributed by atoms with E-state index in [9.17, 15) is 18.0 Å². The zero-order chi connectivity index (χ0) is 20.1. The quantitative estimate of drug-likeness (QED) is 0.688. The molecule has 0 heterocycles. The van der Waals surface area contributed by atoms with Crippen LogP contribution in [0.3, 0.4) is 0 Å². The van der Waals surface area contributed by atoms with Crippen molar-refractivity contribution < 1.29 is 32.2 Å². The minimum atomic E-state index is -1.67. The molecule has 0 atom stereocenters. The van der Waals surface area contributed by atoms with E-state index in [0.717, 1.165) is 17.7 Å². The molecule has 2 aromatic carbocycles. The number of rotatable bonds is 7. The maximum absolute atomic E-state index is 13.8. The highest BCUT2D eigenvalue weighted by Gasteiger charge is 2.21. The van der Waals surface area contributed by atoms with Crippen LogP contribution < -0.4 is 14.2 Å². The van der Waals surface area contributed by atoms with Crippen molar-refractivity contribution in [2.45, 2.75) is 6.42 Å². The number of carbonyl (C=O) groups excluding carboxylic acids is 1. The summed E-state index contributed by atoms with van der Waals surface area (Å²) in [5.74, 6) is -3.89. The Hall–Kier alpha value is -2.90. The third-order valence-electron chi connectivity index (χ3n) is 4.07. The van der Waals surface area contributed by atoms with Gasteiger partial charge in [-0.3, -0.25) is 4.79 Å². The number of hydrogen-bond donors (Lipinski definition) is 0. The van der Waals surface area contributed by atoms with E-state index in [2.05, 4.69) is 0 Å². The lowest BCUT2D eigenvalue weighted by molar-refractivity contribution is 0.0790. The van der Waals surface area contributed by atoms with Crippen LogP contribution in [0.5, 0.6) is 17.2 Å². The van der Waals surface area contributed by atoms with Gasteiger partial charge in [-0.05, 0) is 36.2 Å². The summed E-state index contributed by atoms with van der Waals surface area (Å²) in [6, 6.07) is 5.11. The molecule has 0 aromatic heterocycles. The predicted molar refractivity (Wildman–Crippen MR) is 93.1 cm³/mol. The van der Waals surface area contributed by atoms with Crippen molar-refractivity contribution in [1.82, 2.24) is 4.90 Å². The van der Waals surface area contributed by atoms with Crippen molar-refractivity contribution in [2.75, 3.05) is 34.9 Å². The highest BCUT2D eigenvalue weighted by molar-refractivity contribution is 5.94. The standard InChI is InChI=1S/C19H20F3NO4/c1-23(19(24)12-5-6-13(20)17(22)16(12)21)8-7-11-9-14(25-2)18(27-4)15(10-11)26-3/h5-6,9-10H,7-8H2,1-4H3. The first-order valence-electron chi connectivity index (χ1n) is 8.01. The molecule has 2 aromatic rings. The maximum Gasteiger partial charge on any atom is 0.256 e. The molecule has 2 rings (SSSR count). The number of carbonyl (C=O) groups is 1. The van der Waals surface area contributed by atoms with Gasteiger partial charge in [-0.25, -0.2) is 13.2 Å². The van der Waals surface area contributed by atoms with Crippen LogP contribution in [0.25, 0.3) is 0 Å². The fourth-order valence-corrected chi connectivity index (χ4v) is 2.57. The summed E-state index contributed by atoms with van der Waals surface area (Å²) in [6.45, 7) is 0.204. The van der Waals surface area contributed by atoms with Crippen molar-refractivity contribution in [3.8, 4) is 17.2 Å². The minimum absolute atomic E-state index is 0.204. The maximum atomic E-state index is 13.8. The summed E-state index contributed by atoms with van der Waals surface area (Å²) < 4.78 is 56.0. The molecular formula is C19H20F3NO4. The smallest absolute Gasteiger partial charge is 0.256 e. The number of nitrogens with zero attached hydrogens (tertiary/aromatic N) is 1. The van der Waals surface area contributed by atoms with Gasteiger partial charge in [-0.15, -0.1) is 0 Å². The Kier molecular flexibility index (Phi) is 6.55. The SMILES string of the molecule is COc1cc(CCN(C)C(=O)c2ccc(F)c(F)c2F)cc(OC)c1OC. The fourth-order valence-electron chi connectivity index (χ4n) is 2.57. The van der Waals surface area contributed by atoms with Gasteiger partial charge in [0.15, 0.2) is 29.0 Å². The molecule has 146 valence electrons. The summed E-state index contributed by atoms with van der Waals surface area (Å²) in [5.41, 5.74) is 0.260. The lowest BCUT2D eigenvalue weighted by Gasteiger charge is -2.19. The molecule has 0 unspecified atom stereocenters. The molecule has 0 N–H and O–H groups in total. The Morgan fingerprint density at radius 1 is 0.963 bits per heavy atom. The second-order valence-electron chi connectivity index (χ2n) is 5.73. The number of ether oxygens (including phenoxy) is 3. The van der Waals surface area contributed by atoms with Crippen LogP contribution in [0.1, 0.15) is 15.9 Å². The van der Waals surface area contributed by atoms with Crippen LogP contribution in [0.4, 0.5) is 13.2 Å². The molecule has 8 heteroatoms. The van der Waals surface area contributed by atoms with Crippen molar-refractivity contribution >= 4 is 5.91 Å². The monoisotopic (exact) mass is 383 g/mol. The first-order chi connectivity index (χ1) is 12.8. The van der Waals surface area contributed by atoms with Crippen LogP contribution in [0, 0.1) is 17.5 Å². The molecule has 27 heavy (non-hydrogen) atoms. The average Bonchev–Trinajstić information content (AvgIpc) is 2.68. The largest absolute Gasteiger partial charge is 0.493 e. The summed E-state index contributed by atoms with van der Waals surface area (Å²) in [5, 5.41) is 0. The second kappa shape index (κ2) is 8.66. The molecule has 0 aliphatic rings. The summed E-state index contributed by atoms with van der Waals surface area (Å²) >= 11 is 0. The summed E-state index contributed by atoms with van der Waals surface area (Å²) in [4.78, 5) is 13.5. The number of hydrogen-bond acceptors (Lipinski definition) is 4. The van der Waals surface area contributed by atoms with Crippen molar-refractivity contribution in [2.24, 2.45) is 0 Å². The molecule has 0 fully saturated rings. The van der Waals surface area contributed by atoms with E-state index in [-0.39, 0.29) is 6.54 Å². The van der Waals surface area contributed by atoms with E-state index >= 15 is 0 Å². The lowest BCUT2D eigenvalue weighted by atomic mass is 10.1. The zero-order valence-corrected chi connectivity index (χ0v) is 15.4. The van der Waals surface area contributed by atoms with E-state index in [1.54, 1.807) is 12.1 Å². The number of amides is 1.